The number of thiophene rings is 1. The van der Waals surface area contributed by atoms with Crippen LogP contribution >= 0.6 is 11.3 Å². The SMILES string of the molecule is CCCc1nc2c(c(=O)[nH]1)CN(Cc1cccnc1-c1ccsc1)CC2. The number of aromatic amines is 1. The first kappa shape index (κ1) is 17.1. The van der Waals surface area contributed by atoms with Crippen molar-refractivity contribution in [1.29, 1.82) is 0 Å². The molecule has 5 nitrogen and oxygen atoms in total. The number of H-pyrrole nitrogens is 1. The van der Waals surface area contributed by atoms with Gasteiger partial charge in [0.05, 0.1) is 17.0 Å². The van der Waals surface area contributed by atoms with Crippen molar-refractivity contribution in [1.82, 2.24) is 19.9 Å². The smallest absolute Gasteiger partial charge is 0.255 e. The van der Waals surface area contributed by atoms with E-state index in [0.717, 1.165) is 60.7 Å². The summed E-state index contributed by atoms with van der Waals surface area (Å²) in [6.07, 6.45) is 4.47. The van der Waals surface area contributed by atoms with Crippen molar-refractivity contribution in [2.45, 2.75) is 39.3 Å². The summed E-state index contributed by atoms with van der Waals surface area (Å²) in [6, 6.07) is 6.21. The standard InChI is InChI=1S/C20H22N4OS/c1-2-4-18-22-17-6-9-24(12-16(17)20(25)23-18)11-14-5-3-8-21-19(14)15-7-10-26-13-15/h3,5,7-8,10,13H,2,4,6,9,11-12H2,1H3,(H,22,23,25). The molecule has 26 heavy (non-hydrogen) atoms. The van der Waals surface area contributed by atoms with E-state index in [2.05, 4.69) is 49.7 Å². The number of aromatic nitrogens is 3. The van der Waals surface area contributed by atoms with Gasteiger partial charge >= 0.3 is 0 Å². The Balaban J connectivity index is 1.57. The van der Waals surface area contributed by atoms with Gasteiger partial charge in [0, 0.05) is 49.6 Å². The zero-order valence-corrected chi connectivity index (χ0v) is 15.7. The molecule has 0 fully saturated rings. The second-order valence-corrected chi connectivity index (χ2v) is 7.45. The molecule has 134 valence electrons. The Morgan fingerprint density at radius 3 is 3.08 bits per heavy atom. The molecule has 3 aromatic heterocycles. The van der Waals surface area contributed by atoms with Crippen LogP contribution in [0.15, 0.2) is 40.0 Å². The zero-order valence-electron chi connectivity index (χ0n) is 14.9. The molecular weight excluding hydrogens is 344 g/mol. The van der Waals surface area contributed by atoms with Crippen molar-refractivity contribution in [3.63, 3.8) is 0 Å². The summed E-state index contributed by atoms with van der Waals surface area (Å²) in [5, 5.41) is 4.20. The van der Waals surface area contributed by atoms with Crippen molar-refractivity contribution >= 4 is 11.3 Å². The van der Waals surface area contributed by atoms with Gasteiger partial charge < -0.3 is 4.98 Å². The van der Waals surface area contributed by atoms with Crippen LogP contribution in [0.25, 0.3) is 11.3 Å². The predicted molar refractivity (Wildman–Crippen MR) is 104 cm³/mol. The molecular formula is C20H22N4OS. The minimum absolute atomic E-state index is 0.0207. The van der Waals surface area contributed by atoms with E-state index in [1.165, 1.54) is 5.56 Å². The Labute approximate surface area is 156 Å². The molecule has 3 aromatic rings. The van der Waals surface area contributed by atoms with Gasteiger partial charge in [0.1, 0.15) is 5.82 Å². The average molecular weight is 366 g/mol. The van der Waals surface area contributed by atoms with Crippen molar-refractivity contribution in [3.8, 4) is 11.3 Å². The third-order valence-corrected chi connectivity index (χ3v) is 5.45. The lowest BCUT2D eigenvalue weighted by molar-refractivity contribution is 0.241. The van der Waals surface area contributed by atoms with Gasteiger partial charge in [-0.3, -0.25) is 14.7 Å². The molecule has 0 amide bonds. The lowest BCUT2D eigenvalue weighted by atomic mass is 10.0. The Morgan fingerprint density at radius 1 is 1.35 bits per heavy atom. The number of hydrogen-bond donors (Lipinski definition) is 1. The second-order valence-electron chi connectivity index (χ2n) is 6.67. The molecule has 0 unspecified atom stereocenters. The summed E-state index contributed by atoms with van der Waals surface area (Å²) in [4.78, 5) is 27.0. The molecule has 0 saturated heterocycles. The van der Waals surface area contributed by atoms with E-state index in [4.69, 9.17) is 0 Å². The Bertz CT molecular complexity index is 949. The normalized spacial score (nSPS) is 14.3. The van der Waals surface area contributed by atoms with Crippen molar-refractivity contribution in [3.05, 3.63) is 68.2 Å². The van der Waals surface area contributed by atoms with E-state index in [1.54, 1.807) is 11.3 Å². The van der Waals surface area contributed by atoms with E-state index < -0.39 is 0 Å². The summed E-state index contributed by atoms with van der Waals surface area (Å²) >= 11 is 1.68. The van der Waals surface area contributed by atoms with Crippen LogP contribution in [-0.2, 0) is 25.9 Å². The summed E-state index contributed by atoms with van der Waals surface area (Å²) in [6.45, 7) is 4.43. The average Bonchev–Trinajstić information content (AvgIpc) is 3.18. The zero-order chi connectivity index (χ0) is 17.9. The number of nitrogens with one attached hydrogen (secondary N) is 1. The van der Waals surface area contributed by atoms with Gasteiger partial charge in [-0.1, -0.05) is 13.0 Å². The molecule has 0 atom stereocenters. The molecule has 0 bridgehead atoms. The van der Waals surface area contributed by atoms with Gasteiger partial charge in [0.25, 0.3) is 5.56 Å². The Hall–Kier alpha value is -2.31. The van der Waals surface area contributed by atoms with Gasteiger partial charge in [-0.25, -0.2) is 4.98 Å². The van der Waals surface area contributed by atoms with Crippen LogP contribution in [0.2, 0.25) is 0 Å². The third-order valence-electron chi connectivity index (χ3n) is 4.76. The number of aryl methyl sites for hydroxylation is 1. The first-order valence-corrected chi connectivity index (χ1v) is 9.98. The lowest BCUT2D eigenvalue weighted by Crippen LogP contribution is -2.36. The number of rotatable bonds is 5. The number of fused-ring (bicyclic) bond motifs is 1. The quantitative estimate of drug-likeness (QED) is 0.752. The van der Waals surface area contributed by atoms with Crippen LogP contribution in [0.3, 0.4) is 0 Å². The number of hydrogen-bond acceptors (Lipinski definition) is 5. The maximum atomic E-state index is 12.5. The molecule has 0 aliphatic carbocycles. The van der Waals surface area contributed by atoms with Gasteiger partial charge in [-0.05, 0) is 29.5 Å². The van der Waals surface area contributed by atoms with Gasteiger partial charge in [0.15, 0.2) is 0 Å². The number of nitrogens with zero attached hydrogens (tertiary/aromatic N) is 3. The molecule has 4 rings (SSSR count). The summed E-state index contributed by atoms with van der Waals surface area (Å²) < 4.78 is 0. The molecule has 0 spiro atoms. The highest BCUT2D eigenvalue weighted by Gasteiger charge is 2.22. The van der Waals surface area contributed by atoms with Gasteiger partial charge in [-0.15, -0.1) is 0 Å². The van der Waals surface area contributed by atoms with Crippen LogP contribution in [0.4, 0.5) is 0 Å². The van der Waals surface area contributed by atoms with E-state index in [9.17, 15) is 4.79 Å². The minimum atomic E-state index is 0.0207. The van der Waals surface area contributed by atoms with E-state index in [0.29, 0.717) is 6.54 Å². The monoisotopic (exact) mass is 366 g/mol. The fraction of sp³-hybridized carbons (Fsp3) is 0.350. The van der Waals surface area contributed by atoms with Crippen LogP contribution in [-0.4, -0.2) is 26.4 Å². The largest absolute Gasteiger partial charge is 0.310 e. The van der Waals surface area contributed by atoms with Crippen molar-refractivity contribution in [2.75, 3.05) is 6.54 Å². The first-order valence-electron chi connectivity index (χ1n) is 9.04. The van der Waals surface area contributed by atoms with Crippen LogP contribution in [0.1, 0.15) is 36.0 Å². The molecule has 1 aliphatic rings. The second kappa shape index (κ2) is 7.51. The van der Waals surface area contributed by atoms with Crippen LogP contribution in [0.5, 0.6) is 0 Å². The third kappa shape index (κ3) is 3.48. The summed E-state index contributed by atoms with van der Waals surface area (Å²) in [5.74, 6) is 0.816. The molecule has 1 aliphatic heterocycles. The highest BCUT2D eigenvalue weighted by molar-refractivity contribution is 7.08. The van der Waals surface area contributed by atoms with Crippen LogP contribution < -0.4 is 5.56 Å². The Morgan fingerprint density at radius 2 is 2.27 bits per heavy atom. The maximum absolute atomic E-state index is 12.5. The van der Waals surface area contributed by atoms with E-state index >= 15 is 0 Å². The topological polar surface area (TPSA) is 61.9 Å². The van der Waals surface area contributed by atoms with Gasteiger partial charge in [0.2, 0.25) is 0 Å². The summed E-state index contributed by atoms with van der Waals surface area (Å²) in [5.41, 5.74) is 5.19. The molecule has 6 heteroatoms. The number of pyridine rings is 1. The first-order chi connectivity index (χ1) is 12.7. The van der Waals surface area contributed by atoms with Crippen LogP contribution in [0, 0.1) is 0 Å². The van der Waals surface area contributed by atoms with E-state index in [1.807, 2.05) is 12.3 Å². The Kier molecular flexibility index (Phi) is 4.95. The molecule has 0 radical (unpaired) electrons. The molecule has 1 N–H and O–H groups in total. The van der Waals surface area contributed by atoms with Gasteiger partial charge in [-0.2, -0.15) is 11.3 Å². The highest BCUT2D eigenvalue weighted by Crippen LogP contribution is 2.26. The fourth-order valence-corrected chi connectivity index (χ4v) is 4.13. The minimum Gasteiger partial charge on any atom is -0.310 e. The summed E-state index contributed by atoms with van der Waals surface area (Å²) in [7, 11) is 0. The van der Waals surface area contributed by atoms with Crippen molar-refractivity contribution in [2.24, 2.45) is 0 Å². The molecule has 0 aromatic carbocycles. The van der Waals surface area contributed by atoms with E-state index in [-0.39, 0.29) is 5.56 Å². The lowest BCUT2D eigenvalue weighted by Gasteiger charge is -2.28. The fourth-order valence-electron chi connectivity index (χ4n) is 3.49. The molecule has 4 heterocycles. The molecule has 0 saturated carbocycles. The predicted octanol–water partition coefficient (Wildman–Crippen LogP) is 3.40. The van der Waals surface area contributed by atoms with Crippen molar-refractivity contribution < 1.29 is 0 Å². The highest BCUT2D eigenvalue weighted by atomic mass is 32.1. The maximum Gasteiger partial charge on any atom is 0.255 e.